The predicted octanol–water partition coefficient (Wildman–Crippen LogP) is 0.498. The third-order valence-corrected chi connectivity index (χ3v) is 3.04. The molecule has 0 aromatic heterocycles. The van der Waals surface area contributed by atoms with E-state index in [1.807, 2.05) is 13.8 Å². The fraction of sp³-hybridized carbons (Fsp3) is 0.818. The van der Waals surface area contributed by atoms with Crippen LogP contribution in [0.3, 0.4) is 0 Å². The molecule has 2 atom stereocenters. The largest absolute Gasteiger partial charge is 0.481 e. The molecule has 5 nitrogen and oxygen atoms in total. The zero-order chi connectivity index (χ0) is 12.2. The van der Waals surface area contributed by atoms with Crippen molar-refractivity contribution in [3.05, 3.63) is 0 Å². The summed E-state index contributed by atoms with van der Waals surface area (Å²) in [5.41, 5.74) is -0.475. The Hall–Kier alpha value is -1.10. The van der Waals surface area contributed by atoms with Crippen molar-refractivity contribution in [3.63, 3.8) is 0 Å². The molecule has 1 aliphatic heterocycles. The number of aliphatic carboxylic acids is 1. The van der Waals surface area contributed by atoms with Gasteiger partial charge in [0.1, 0.15) is 0 Å². The first-order valence-electron chi connectivity index (χ1n) is 5.72. The van der Waals surface area contributed by atoms with Crippen LogP contribution in [0.4, 0.5) is 0 Å². The lowest BCUT2D eigenvalue weighted by Gasteiger charge is -2.25. The summed E-state index contributed by atoms with van der Waals surface area (Å²) in [6.45, 7) is 4.59. The summed E-state index contributed by atoms with van der Waals surface area (Å²) in [6, 6.07) is -0.0946. The molecule has 1 saturated heterocycles. The fourth-order valence-corrected chi connectivity index (χ4v) is 1.88. The van der Waals surface area contributed by atoms with Gasteiger partial charge >= 0.3 is 5.97 Å². The quantitative estimate of drug-likeness (QED) is 0.640. The zero-order valence-electron chi connectivity index (χ0n) is 9.88. The molecule has 0 saturated carbocycles. The third-order valence-electron chi connectivity index (χ3n) is 3.04. The highest BCUT2D eigenvalue weighted by atomic mass is 16.4. The highest BCUT2D eigenvalue weighted by molar-refractivity contribution is 5.86. The van der Waals surface area contributed by atoms with Gasteiger partial charge in [-0.25, -0.2) is 0 Å². The highest BCUT2D eigenvalue weighted by Crippen LogP contribution is 2.18. The van der Waals surface area contributed by atoms with Gasteiger partial charge < -0.3 is 15.7 Å². The second-order valence-electron chi connectivity index (χ2n) is 4.67. The first-order chi connectivity index (χ1) is 7.44. The maximum Gasteiger partial charge on any atom is 0.303 e. The van der Waals surface area contributed by atoms with Gasteiger partial charge in [0.05, 0.1) is 5.54 Å². The summed E-state index contributed by atoms with van der Waals surface area (Å²) >= 11 is 0. The number of hydrogen-bond donors (Lipinski definition) is 3. The Bertz CT molecular complexity index is 272. The number of rotatable bonds is 5. The standard InChI is InChI=1S/C11H20N2O3/c1-8(4-5-9(14)15)13-10(16)11(2)6-3-7-12-11/h8,12H,3-7H2,1-2H3,(H,13,16)(H,14,15). The molecule has 1 amide bonds. The lowest BCUT2D eigenvalue weighted by Crippen LogP contribution is -2.53. The van der Waals surface area contributed by atoms with E-state index in [2.05, 4.69) is 10.6 Å². The normalized spacial score (nSPS) is 26.4. The molecule has 0 aromatic rings. The molecular weight excluding hydrogens is 208 g/mol. The molecule has 0 spiro atoms. The topological polar surface area (TPSA) is 78.4 Å². The molecule has 0 radical (unpaired) electrons. The second kappa shape index (κ2) is 5.30. The number of carboxylic acid groups (broad SMARTS) is 1. The SMILES string of the molecule is CC(CCC(=O)O)NC(=O)C1(C)CCCN1. The van der Waals surface area contributed by atoms with Gasteiger partial charge in [0, 0.05) is 12.5 Å². The summed E-state index contributed by atoms with van der Waals surface area (Å²) in [4.78, 5) is 22.3. The average molecular weight is 228 g/mol. The lowest BCUT2D eigenvalue weighted by molar-refractivity contribution is -0.137. The molecule has 92 valence electrons. The summed E-state index contributed by atoms with van der Waals surface area (Å²) in [5, 5.41) is 14.6. The second-order valence-corrected chi connectivity index (χ2v) is 4.67. The minimum atomic E-state index is -0.827. The first kappa shape index (κ1) is 13.0. The number of amides is 1. The third kappa shape index (κ3) is 3.48. The van der Waals surface area contributed by atoms with E-state index in [1.165, 1.54) is 0 Å². The van der Waals surface area contributed by atoms with E-state index in [0.717, 1.165) is 19.4 Å². The van der Waals surface area contributed by atoms with Crippen LogP contribution in [0.1, 0.15) is 39.5 Å². The first-order valence-corrected chi connectivity index (χ1v) is 5.72. The lowest BCUT2D eigenvalue weighted by atomic mass is 9.98. The highest BCUT2D eigenvalue weighted by Gasteiger charge is 2.36. The number of hydrogen-bond acceptors (Lipinski definition) is 3. The van der Waals surface area contributed by atoms with Crippen LogP contribution in [0.25, 0.3) is 0 Å². The summed E-state index contributed by atoms with van der Waals surface area (Å²) in [6.07, 6.45) is 2.40. The van der Waals surface area contributed by atoms with E-state index in [9.17, 15) is 9.59 Å². The van der Waals surface area contributed by atoms with Crippen LogP contribution in [0, 0.1) is 0 Å². The Morgan fingerprint density at radius 3 is 2.75 bits per heavy atom. The average Bonchev–Trinajstić information content (AvgIpc) is 2.63. The van der Waals surface area contributed by atoms with Gasteiger partial charge in [0.2, 0.25) is 5.91 Å². The van der Waals surface area contributed by atoms with Crippen molar-refractivity contribution >= 4 is 11.9 Å². The van der Waals surface area contributed by atoms with E-state index < -0.39 is 11.5 Å². The molecule has 0 aliphatic carbocycles. The summed E-state index contributed by atoms with van der Waals surface area (Å²) in [5.74, 6) is -0.853. The van der Waals surface area contributed by atoms with Crippen LogP contribution in [0.2, 0.25) is 0 Å². The van der Waals surface area contributed by atoms with E-state index >= 15 is 0 Å². The number of nitrogens with one attached hydrogen (secondary N) is 2. The van der Waals surface area contributed by atoms with Gasteiger partial charge in [-0.2, -0.15) is 0 Å². The van der Waals surface area contributed by atoms with Crippen LogP contribution in [-0.4, -0.2) is 35.1 Å². The molecule has 0 bridgehead atoms. The number of carboxylic acids is 1. The van der Waals surface area contributed by atoms with Crippen LogP contribution in [-0.2, 0) is 9.59 Å². The van der Waals surface area contributed by atoms with Gasteiger partial charge in [0.15, 0.2) is 0 Å². The molecule has 3 N–H and O–H groups in total. The molecule has 0 aromatic carbocycles. The van der Waals surface area contributed by atoms with Crippen LogP contribution in [0.5, 0.6) is 0 Å². The van der Waals surface area contributed by atoms with Crippen molar-refractivity contribution in [3.8, 4) is 0 Å². The Kier molecular flexibility index (Phi) is 4.29. The van der Waals surface area contributed by atoms with Crippen molar-refractivity contribution in [1.29, 1.82) is 0 Å². The van der Waals surface area contributed by atoms with Crippen molar-refractivity contribution in [2.45, 2.75) is 51.1 Å². The van der Waals surface area contributed by atoms with Crippen LogP contribution < -0.4 is 10.6 Å². The molecule has 1 rings (SSSR count). The molecule has 1 aliphatic rings. The van der Waals surface area contributed by atoms with Crippen molar-refractivity contribution < 1.29 is 14.7 Å². The van der Waals surface area contributed by atoms with Crippen molar-refractivity contribution in [2.75, 3.05) is 6.54 Å². The van der Waals surface area contributed by atoms with Gasteiger partial charge in [-0.3, -0.25) is 9.59 Å². The molecule has 1 fully saturated rings. The van der Waals surface area contributed by atoms with Gasteiger partial charge in [0.25, 0.3) is 0 Å². The van der Waals surface area contributed by atoms with Crippen LogP contribution >= 0.6 is 0 Å². The maximum absolute atomic E-state index is 11.9. The molecule has 16 heavy (non-hydrogen) atoms. The number of carbonyl (C=O) groups is 2. The Labute approximate surface area is 95.6 Å². The zero-order valence-corrected chi connectivity index (χ0v) is 9.88. The van der Waals surface area contributed by atoms with E-state index in [0.29, 0.717) is 6.42 Å². The van der Waals surface area contributed by atoms with E-state index in [1.54, 1.807) is 0 Å². The fourth-order valence-electron chi connectivity index (χ4n) is 1.88. The van der Waals surface area contributed by atoms with Crippen molar-refractivity contribution in [2.24, 2.45) is 0 Å². The monoisotopic (exact) mass is 228 g/mol. The maximum atomic E-state index is 11.9. The van der Waals surface area contributed by atoms with Crippen LogP contribution in [0.15, 0.2) is 0 Å². The molecule has 2 unspecified atom stereocenters. The predicted molar refractivity (Wildman–Crippen MR) is 60.1 cm³/mol. The van der Waals surface area contributed by atoms with E-state index in [-0.39, 0.29) is 18.4 Å². The Morgan fingerprint density at radius 2 is 2.25 bits per heavy atom. The Balaban J connectivity index is 2.35. The molecule has 5 heteroatoms. The minimum absolute atomic E-state index is 0.0251. The molecule has 1 heterocycles. The summed E-state index contributed by atoms with van der Waals surface area (Å²) in [7, 11) is 0. The number of carbonyl (C=O) groups excluding carboxylic acids is 1. The van der Waals surface area contributed by atoms with Gasteiger partial charge in [-0.15, -0.1) is 0 Å². The van der Waals surface area contributed by atoms with Gasteiger partial charge in [-0.05, 0) is 39.7 Å². The van der Waals surface area contributed by atoms with Crippen molar-refractivity contribution in [1.82, 2.24) is 10.6 Å². The molecular formula is C11H20N2O3. The summed E-state index contributed by atoms with van der Waals surface area (Å²) < 4.78 is 0. The minimum Gasteiger partial charge on any atom is -0.481 e. The smallest absolute Gasteiger partial charge is 0.303 e. The van der Waals surface area contributed by atoms with E-state index in [4.69, 9.17) is 5.11 Å². The van der Waals surface area contributed by atoms with Gasteiger partial charge in [-0.1, -0.05) is 0 Å². The Morgan fingerprint density at radius 1 is 1.56 bits per heavy atom.